The summed E-state index contributed by atoms with van der Waals surface area (Å²) in [6.45, 7) is 3.80. The molecule has 0 atom stereocenters. The number of aromatic nitrogens is 2. The highest BCUT2D eigenvalue weighted by Gasteiger charge is 2.02. The van der Waals surface area contributed by atoms with Gasteiger partial charge in [-0.1, -0.05) is 24.3 Å². The van der Waals surface area contributed by atoms with Crippen molar-refractivity contribution in [3.05, 3.63) is 53.3 Å². The van der Waals surface area contributed by atoms with Crippen LogP contribution in [0.5, 0.6) is 0 Å². The lowest BCUT2D eigenvalue weighted by Gasteiger charge is -2.08. The van der Waals surface area contributed by atoms with E-state index in [1.807, 2.05) is 17.9 Å². The van der Waals surface area contributed by atoms with Crippen LogP contribution in [-0.4, -0.2) is 16.8 Å². The van der Waals surface area contributed by atoms with Gasteiger partial charge in [0.15, 0.2) is 0 Å². The van der Waals surface area contributed by atoms with Crippen LogP contribution in [0.2, 0.25) is 0 Å². The number of nitrogens with zero attached hydrogens (tertiary/aromatic N) is 2. The average molecular weight is 215 g/mol. The van der Waals surface area contributed by atoms with Crippen LogP contribution in [0.25, 0.3) is 0 Å². The van der Waals surface area contributed by atoms with Crippen LogP contribution in [0.4, 0.5) is 0 Å². The minimum atomic E-state index is 0.839. The highest BCUT2D eigenvalue weighted by atomic mass is 15.3. The van der Waals surface area contributed by atoms with Crippen LogP contribution in [-0.2, 0) is 13.1 Å². The summed E-state index contributed by atoms with van der Waals surface area (Å²) in [4.78, 5) is 0. The van der Waals surface area contributed by atoms with Gasteiger partial charge in [-0.25, -0.2) is 0 Å². The van der Waals surface area contributed by atoms with E-state index in [-0.39, 0.29) is 0 Å². The van der Waals surface area contributed by atoms with E-state index in [0.717, 1.165) is 13.1 Å². The Hall–Kier alpha value is -1.61. The molecule has 0 aliphatic carbocycles. The van der Waals surface area contributed by atoms with E-state index in [4.69, 9.17) is 0 Å². The Kier molecular flexibility index (Phi) is 3.37. The molecule has 2 aromatic rings. The van der Waals surface area contributed by atoms with Crippen LogP contribution in [0.15, 0.2) is 36.7 Å². The van der Waals surface area contributed by atoms with E-state index < -0.39 is 0 Å². The Labute approximate surface area is 96.1 Å². The van der Waals surface area contributed by atoms with Gasteiger partial charge in [-0.15, -0.1) is 0 Å². The van der Waals surface area contributed by atoms with Gasteiger partial charge < -0.3 is 5.32 Å². The maximum Gasteiger partial charge on any atom is 0.0662 e. The van der Waals surface area contributed by atoms with E-state index in [1.54, 1.807) is 0 Å². The predicted molar refractivity (Wildman–Crippen MR) is 65.3 cm³/mol. The fourth-order valence-corrected chi connectivity index (χ4v) is 1.80. The number of aryl methyl sites for hydroxylation is 1. The standard InChI is InChI=1S/C13H17N3/c1-11-7-15-16(9-11)10-13-6-4-3-5-12(13)8-14-2/h3-7,9,14H,8,10H2,1-2H3. The van der Waals surface area contributed by atoms with Crippen molar-refractivity contribution in [3.8, 4) is 0 Å². The number of hydrogen-bond donors (Lipinski definition) is 1. The van der Waals surface area contributed by atoms with Gasteiger partial charge in [0.1, 0.15) is 0 Å². The second-order valence-corrected chi connectivity index (χ2v) is 4.01. The number of nitrogens with one attached hydrogen (secondary N) is 1. The van der Waals surface area contributed by atoms with Gasteiger partial charge >= 0.3 is 0 Å². The molecule has 0 saturated carbocycles. The van der Waals surface area contributed by atoms with Crippen LogP contribution >= 0.6 is 0 Å². The normalized spacial score (nSPS) is 10.6. The molecule has 0 amide bonds. The molecule has 0 fully saturated rings. The summed E-state index contributed by atoms with van der Waals surface area (Å²) in [5.74, 6) is 0. The summed E-state index contributed by atoms with van der Waals surface area (Å²) < 4.78 is 1.98. The Bertz CT molecular complexity index is 460. The summed E-state index contributed by atoms with van der Waals surface area (Å²) in [6, 6.07) is 8.46. The molecular formula is C13H17N3. The Morgan fingerprint density at radius 3 is 2.62 bits per heavy atom. The largest absolute Gasteiger partial charge is 0.316 e. The maximum absolute atomic E-state index is 4.31. The lowest BCUT2D eigenvalue weighted by Crippen LogP contribution is -2.10. The predicted octanol–water partition coefficient (Wildman–Crippen LogP) is 1.96. The highest BCUT2D eigenvalue weighted by Crippen LogP contribution is 2.10. The van der Waals surface area contributed by atoms with Crippen molar-refractivity contribution in [2.45, 2.75) is 20.0 Å². The molecule has 1 N–H and O–H groups in total. The van der Waals surface area contributed by atoms with E-state index in [2.05, 4.69) is 47.8 Å². The first-order valence-electron chi connectivity index (χ1n) is 5.50. The zero-order valence-corrected chi connectivity index (χ0v) is 9.77. The molecule has 1 heterocycles. The number of benzene rings is 1. The molecule has 0 spiro atoms. The Morgan fingerprint density at radius 2 is 2.00 bits per heavy atom. The average Bonchev–Trinajstić information content (AvgIpc) is 2.67. The minimum absolute atomic E-state index is 0.839. The maximum atomic E-state index is 4.31. The second-order valence-electron chi connectivity index (χ2n) is 4.01. The summed E-state index contributed by atoms with van der Waals surface area (Å²) in [5, 5.41) is 7.49. The summed E-state index contributed by atoms with van der Waals surface area (Å²) in [5.41, 5.74) is 3.85. The van der Waals surface area contributed by atoms with E-state index in [1.165, 1.54) is 16.7 Å². The molecule has 3 nitrogen and oxygen atoms in total. The molecule has 16 heavy (non-hydrogen) atoms. The number of hydrogen-bond acceptors (Lipinski definition) is 2. The quantitative estimate of drug-likeness (QED) is 0.845. The van der Waals surface area contributed by atoms with Gasteiger partial charge in [0.05, 0.1) is 12.7 Å². The third-order valence-corrected chi connectivity index (χ3v) is 2.58. The fraction of sp³-hybridized carbons (Fsp3) is 0.308. The van der Waals surface area contributed by atoms with Crippen molar-refractivity contribution in [1.82, 2.24) is 15.1 Å². The summed E-state index contributed by atoms with van der Waals surface area (Å²) in [6.07, 6.45) is 3.96. The highest BCUT2D eigenvalue weighted by molar-refractivity contribution is 5.27. The van der Waals surface area contributed by atoms with Crippen LogP contribution in [0, 0.1) is 6.92 Å². The molecule has 0 aliphatic heterocycles. The Balaban J connectivity index is 2.20. The smallest absolute Gasteiger partial charge is 0.0662 e. The molecular weight excluding hydrogens is 198 g/mol. The van der Waals surface area contributed by atoms with Gasteiger partial charge in [0.25, 0.3) is 0 Å². The van der Waals surface area contributed by atoms with Crippen molar-refractivity contribution in [2.75, 3.05) is 7.05 Å². The third kappa shape index (κ3) is 2.49. The summed E-state index contributed by atoms with van der Waals surface area (Å²) in [7, 11) is 1.97. The van der Waals surface area contributed by atoms with Crippen molar-refractivity contribution in [3.63, 3.8) is 0 Å². The topological polar surface area (TPSA) is 29.9 Å². The lowest BCUT2D eigenvalue weighted by molar-refractivity contribution is 0.675. The first-order valence-corrected chi connectivity index (χ1v) is 5.50. The molecule has 0 saturated heterocycles. The van der Waals surface area contributed by atoms with Crippen LogP contribution < -0.4 is 5.32 Å². The molecule has 1 aromatic heterocycles. The van der Waals surface area contributed by atoms with E-state index >= 15 is 0 Å². The summed E-state index contributed by atoms with van der Waals surface area (Å²) >= 11 is 0. The first-order chi connectivity index (χ1) is 7.79. The zero-order chi connectivity index (χ0) is 11.4. The Morgan fingerprint density at radius 1 is 1.25 bits per heavy atom. The van der Waals surface area contributed by atoms with Crippen molar-refractivity contribution in [1.29, 1.82) is 0 Å². The lowest BCUT2D eigenvalue weighted by atomic mass is 10.1. The van der Waals surface area contributed by atoms with Gasteiger partial charge in [0, 0.05) is 12.7 Å². The minimum Gasteiger partial charge on any atom is -0.316 e. The third-order valence-electron chi connectivity index (χ3n) is 2.58. The molecule has 0 bridgehead atoms. The molecule has 0 radical (unpaired) electrons. The van der Waals surface area contributed by atoms with Crippen LogP contribution in [0.1, 0.15) is 16.7 Å². The second kappa shape index (κ2) is 4.94. The monoisotopic (exact) mass is 215 g/mol. The van der Waals surface area contributed by atoms with Crippen molar-refractivity contribution < 1.29 is 0 Å². The fourth-order valence-electron chi connectivity index (χ4n) is 1.80. The first kappa shape index (κ1) is 10.9. The van der Waals surface area contributed by atoms with Gasteiger partial charge in [-0.3, -0.25) is 4.68 Å². The van der Waals surface area contributed by atoms with Gasteiger partial charge in [0.2, 0.25) is 0 Å². The molecule has 3 heteroatoms. The molecule has 84 valence electrons. The number of rotatable bonds is 4. The van der Waals surface area contributed by atoms with Crippen molar-refractivity contribution in [2.24, 2.45) is 0 Å². The zero-order valence-electron chi connectivity index (χ0n) is 9.77. The molecule has 0 unspecified atom stereocenters. The SMILES string of the molecule is CNCc1ccccc1Cn1cc(C)cn1. The van der Waals surface area contributed by atoms with E-state index in [9.17, 15) is 0 Å². The van der Waals surface area contributed by atoms with Gasteiger partial charge in [-0.2, -0.15) is 5.10 Å². The van der Waals surface area contributed by atoms with Gasteiger partial charge in [-0.05, 0) is 30.7 Å². The van der Waals surface area contributed by atoms with E-state index in [0.29, 0.717) is 0 Å². The van der Waals surface area contributed by atoms with Crippen molar-refractivity contribution >= 4 is 0 Å². The molecule has 1 aromatic carbocycles. The van der Waals surface area contributed by atoms with Crippen LogP contribution in [0.3, 0.4) is 0 Å². The molecule has 2 rings (SSSR count). The molecule has 0 aliphatic rings.